The normalized spacial score (nSPS) is 22.7. The molecule has 98 valence electrons. The van der Waals surface area contributed by atoms with E-state index in [9.17, 15) is 4.79 Å². The standard InChI is InChI=1S/C15H15ClN2O/c1-18-8-2-3-12-14(18)9-13(17-15(12)19)10-4-6-11(16)7-5-10/h4-7,9,12H,2-3,8H2,1H3. The van der Waals surface area contributed by atoms with Crippen molar-refractivity contribution in [1.82, 2.24) is 4.90 Å². The van der Waals surface area contributed by atoms with Crippen molar-refractivity contribution in [1.29, 1.82) is 0 Å². The van der Waals surface area contributed by atoms with Crippen LogP contribution in [0.1, 0.15) is 18.4 Å². The summed E-state index contributed by atoms with van der Waals surface area (Å²) in [7, 11) is 2.04. The summed E-state index contributed by atoms with van der Waals surface area (Å²) in [5.74, 6) is -0.0659. The lowest BCUT2D eigenvalue weighted by Gasteiger charge is -2.34. The number of amides is 1. The van der Waals surface area contributed by atoms with Gasteiger partial charge in [0.05, 0.1) is 11.6 Å². The zero-order chi connectivity index (χ0) is 13.4. The van der Waals surface area contributed by atoms with Crippen molar-refractivity contribution < 1.29 is 4.79 Å². The van der Waals surface area contributed by atoms with Gasteiger partial charge in [-0.2, -0.15) is 0 Å². The largest absolute Gasteiger partial charge is 0.377 e. The number of hydrogen-bond acceptors (Lipinski definition) is 2. The van der Waals surface area contributed by atoms with Crippen LogP contribution in [0.25, 0.3) is 0 Å². The molecule has 3 nitrogen and oxygen atoms in total. The maximum atomic E-state index is 12.1. The van der Waals surface area contributed by atoms with Crippen LogP contribution in [-0.2, 0) is 4.79 Å². The molecule has 1 fully saturated rings. The lowest BCUT2D eigenvalue weighted by Crippen LogP contribution is -2.36. The van der Waals surface area contributed by atoms with Gasteiger partial charge in [0.2, 0.25) is 0 Å². The Bertz CT molecular complexity index is 574. The second-order valence-corrected chi connectivity index (χ2v) is 5.46. The zero-order valence-corrected chi connectivity index (χ0v) is 11.5. The van der Waals surface area contributed by atoms with Crippen LogP contribution < -0.4 is 0 Å². The highest BCUT2D eigenvalue weighted by Gasteiger charge is 2.32. The van der Waals surface area contributed by atoms with Gasteiger partial charge in [-0.25, -0.2) is 4.99 Å². The van der Waals surface area contributed by atoms with Gasteiger partial charge in [-0.3, -0.25) is 4.79 Å². The highest BCUT2D eigenvalue weighted by Crippen LogP contribution is 2.30. The van der Waals surface area contributed by atoms with Crippen LogP contribution >= 0.6 is 11.6 Å². The van der Waals surface area contributed by atoms with Gasteiger partial charge in [-0.15, -0.1) is 0 Å². The monoisotopic (exact) mass is 274 g/mol. The van der Waals surface area contributed by atoms with Crippen molar-refractivity contribution in [3.8, 4) is 0 Å². The van der Waals surface area contributed by atoms with Crippen molar-refractivity contribution in [3.63, 3.8) is 0 Å². The molecule has 0 aromatic heterocycles. The number of allylic oxidation sites excluding steroid dienone is 1. The van der Waals surface area contributed by atoms with Crippen molar-refractivity contribution in [3.05, 3.63) is 46.6 Å². The summed E-state index contributed by atoms with van der Waals surface area (Å²) in [6.07, 6.45) is 4.00. The number of piperidine rings is 1. The van der Waals surface area contributed by atoms with Gasteiger partial charge in [0.15, 0.2) is 0 Å². The van der Waals surface area contributed by atoms with E-state index in [1.54, 1.807) is 0 Å². The molecule has 1 amide bonds. The first-order chi connectivity index (χ1) is 9.15. The van der Waals surface area contributed by atoms with E-state index in [0.29, 0.717) is 5.02 Å². The van der Waals surface area contributed by atoms with Gasteiger partial charge in [-0.05, 0) is 31.1 Å². The lowest BCUT2D eigenvalue weighted by atomic mass is 9.89. The first-order valence-electron chi connectivity index (χ1n) is 6.46. The predicted octanol–water partition coefficient (Wildman–Crippen LogP) is 2.90. The average molecular weight is 275 g/mol. The van der Waals surface area contributed by atoms with Crippen molar-refractivity contribution >= 4 is 23.2 Å². The number of nitrogens with zero attached hydrogens (tertiary/aromatic N) is 2. The van der Waals surface area contributed by atoms with E-state index in [-0.39, 0.29) is 11.8 Å². The van der Waals surface area contributed by atoms with Crippen LogP contribution in [0.5, 0.6) is 0 Å². The van der Waals surface area contributed by atoms with E-state index >= 15 is 0 Å². The second kappa shape index (κ2) is 4.82. The van der Waals surface area contributed by atoms with E-state index < -0.39 is 0 Å². The summed E-state index contributed by atoms with van der Waals surface area (Å²) < 4.78 is 0. The molecule has 1 aromatic carbocycles. The average Bonchev–Trinajstić information content (AvgIpc) is 2.41. The Labute approximate surface area is 117 Å². The molecule has 2 aliphatic heterocycles. The van der Waals surface area contributed by atoms with Crippen molar-refractivity contribution in [2.24, 2.45) is 10.9 Å². The summed E-state index contributed by atoms with van der Waals surface area (Å²) >= 11 is 5.88. The number of likely N-dealkylation sites (tertiary alicyclic amines) is 1. The SMILES string of the molecule is CN1CCCC2C(=O)N=C(c3ccc(Cl)cc3)C=C21. The summed E-state index contributed by atoms with van der Waals surface area (Å²) in [4.78, 5) is 18.5. The maximum Gasteiger partial charge on any atom is 0.255 e. The molecule has 19 heavy (non-hydrogen) atoms. The smallest absolute Gasteiger partial charge is 0.255 e. The van der Waals surface area contributed by atoms with Crippen LogP contribution in [0.3, 0.4) is 0 Å². The minimum absolute atomic E-state index is 0.0194. The molecule has 1 aromatic rings. The van der Waals surface area contributed by atoms with Gasteiger partial charge >= 0.3 is 0 Å². The molecule has 0 bridgehead atoms. The highest BCUT2D eigenvalue weighted by atomic mass is 35.5. The van der Waals surface area contributed by atoms with E-state index in [4.69, 9.17) is 11.6 Å². The summed E-state index contributed by atoms with van der Waals surface area (Å²) in [5.41, 5.74) is 2.76. The third-order valence-corrected chi connectivity index (χ3v) is 3.99. The Balaban J connectivity index is 1.99. The van der Waals surface area contributed by atoms with Crippen LogP contribution in [0.15, 0.2) is 41.0 Å². The number of carbonyl (C=O) groups is 1. The van der Waals surface area contributed by atoms with Gasteiger partial charge < -0.3 is 4.90 Å². The van der Waals surface area contributed by atoms with Gasteiger partial charge in [0, 0.05) is 29.9 Å². The molecule has 2 heterocycles. The fraction of sp³-hybridized carbons (Fsp3) is 0.333. The molecule has 2 aliphatic rings. The predicted molar refractivity (Wildman–Crippen MR) is 76.4 cm³/mol. The number of halogens is 1. The molecule has 0 spiro atoms. The first-order valence-corrected chi connectivity index (χ1v) is 6.84. The maximum absolute atomic E-state index is 12.1. The minimum Gasteiger partial charge on any atom is -0.377 e. The Hall–Kier alpha value is -1.61. The minimum atomic E-state index is -0.0465. The Morgan fingerprint density at radius 2 is 2.05 bits per heavy atom. The second-order valence-electron chi connectivity index (χ2n) is 5.03. The number of dihydropyridines is 1. The van der Waals surface area contributed by atoms with Crippen LogP contribution in [-0.4, -0.2) is 30.1 Å². The lowest BCUT2D eigenvalue weighted by molar-refractivity contribution is -0.121. The molecule has 3 rings (SSSR count). The molecule has 1 atom stereocenters. The number of carbonyl (C=O) groups excluding carboxylic acids is 1. The molecule has 4 heteroatoms. The number of aliphatic imine (C=N–C) groups is 1. The first kappa shape index (κ1) is 12.4. The Morgan fingerprint density at radius 3 is 2.79 bits per heavy atom. The number of fused-ring (bicyclic) bond motifs is 1. The Kier molecular flexibility index (Phi) is 3.15. The zero-order valence-electron chi connectivity index (χ0n) is 10.8. The Morgan fingerprint density at radius 1 is 1.32 bits per heavy atom. The third kappa shape index (κ3) is 2.30. The van der Waals surface area contributed by atoms with E-state index in [0.717, 1.165) is 36.4 Å². The number of benzene rings is 1. The number of hydrogen-bond donors (Lipinski definition) is 0. The molecule has 0 radical (unpaired) electrons. The quantitative estimate of drug-likeness (QED) is 0.789. The fourth-order valence-electron chi connectivity index (χ4n) is 2.67. The summed E-state index contributed by atoms with van der Waals surface area (Å²) in [6, 6.07) is 7.43. The van der Waals surface area contributed by atoms with Gasteiger partial charge in [0.1, 0.15) is 0 Å². The van der Waals surface area contributed by atoms with Crippen molar-refractivity contribution in [2.75, 3.05) is 13.6 Å². The summed E-state index contributed by atoms with van der Waals surface area (Å²) in [6.45, 7) is 1.00. The van der Waals surface area contributed by atoms with Gasteiger partial charge in [0.25, 0.3) is 5.91 Å². The fourth-order valence-corrected chi connectivity index (χ4v) is 2.80. The molecule has 0 N–H and O–H groups in total. The molecular weight excluding hydrogens is 260 g/mol. The van der Waals surface area contributed by atoms with E-state index in [2.05, 4.69) is 9.89 Å². The van der Waals surface area contributed by atoms with E-state index in [1.165, 1.54) is 0 Å². The topological polar surface area (TPSA) is 32.7 Å². The molecule has 0 aliphatic carbocycles. The molecule has 0 saturated carbocycles. The van der Waals surface area contributed by atoms with Crippen molar-refractivity contribution in [2.45, 2.75) is 12.8 Å². The molecule has 1 unspecified atom stereocenters. The number of rotatable bonds is 1. The molecule has 1 saturated heterocycles. The van der Waals surface area contributed by atoms with Crippen LogP contribution in [0, 0.1) is 5.92 Å². The van der Waals surface area contributed by atoms with Gasteiger partial charge in [-0.1, -0.05) is 23.7 Å². The molecular formula is C15H15ClN2O. The van der Waals surface area contributed by atoms with E-state index in [1.807, 2.05) is 37.4 Å². The summed E-state index contributed by atoms with van der Waals surface area (Å²) in [5, 5.41) is 0.687. The third-order valence-electron chi connectivity index (χ3n) is 3.74. The van der Waals surface area contributed by atoms with Crippen LogP contribution in [0.4, 0.5) is 0 Å². The highest BCUT2D eigenvalue weighted by molar-refractivity contribution is 6.30. The van der Waals surface area contributed by atoms with Crippen LogP contribution in [0.2, 0.25) is 5.02 Å².